The summed E-state index contributed by atoms with van der Waals surface area (Å²) in [6, 6.07) is 13.5. The molecule has 2 rings (SSSR count). The van der Waals surface area contributed by atoms with Crippen LogP contribution in [0.5, 0.6) is 11.5 Å². The number of halogens is 2. The lowest BCUT2D eigenvalue weighted by atomic mass is 10.0. The third-order valence-corrected chi connectivity index (χ3v) is 3.45. The first-order valence-electron chi connectivity index (χ1n) is 6.23. The highest BCUT2D eigenvalue weighted by atomic mass is 35.5. The van der Waals surface area contributed by atoms with E-state index in [9.17, 15) is 0 Å². The zero-order chi connectivity index (χ0) is 13.8. The van der Waals surface area contributed by atoms with E-state index in [-0.39, 0.29) is 0 Å². The summed E-state index contributed by atoms with van der Waals surface area (Å²) in [4.78, 5) is 0. The second-order valence-corrected chi connectivity index (χ2v) is 5.38. The summed E-state index contributed by atoms with van der Waals surface area (Å²) in [5.74, 6) is 2.40. The highest BCUT2D eigenvalue weighted by Gasteiger charge is 2.10. The Balaban J connectivity index is 2.36. The Morgan fingerprint density at radius 2 is 1.79 bits per heavy atom. The van der Waals surface area contributed by atoms with Crippen molar-refractivity contribution in [2.24, 2.45) is 0 Å². The van der Waals surface area contributed by atoms with E-state index in [0.717, 1.165) is 17.1 Å². The number of benzene rings is 2. The van der Waals surface area contributed by atoms with Crippen molar-refractivity contribution in [3.05, 3.63) is 58.6 Å². The van der Waals surface area contributed by atoms with Crippen LogP contribution in [0.1, 0.15) is 30.9 Å². The van der Waals surface area contributed by atoms with Gasteiger partial charge >= 0.3 is 0 Å². The molecule has 0 radical (unpaired) electrons. The summed E-state index contributed by atoms with van der Waals surface area (Å²) < 4.78 is 6.00. The van der Waals surface area contributed by atoms with E-state index >= 15 is 0 Å². The smallest absolute Gasteiger partial charge is 0.131 e. The van der Waals surface area contributed by atoms with Gasteiger partial charge in [-0.2, -0.15) is 0 Å². The monoisotopic (exact) mass is 294 g/mol. The summed E-state index contributed by atoms with van der Waals surface area (Å²) in [5.41, 5.74) is 2.07. The standard InChI is InChI=1S/C16H16Cl2O/c1-11(2)14-5-3-4-6-16(14)19-15-8-7-13(18)9-12(15)10-17/h3-9,11H,10H2,1-2H3. The highest BCUT2D eigenvalue weighted by molar-refractivity contribution is 6.30. The van der Waals surface area contributed by atoms with Gasteiger partial charge in [0.15, 0.2) is 0 Å². The molecule has 0 spiro atoms. The number of hydrogen-bond acceptors (Lipinski definition) is 1. The molecule has 0 aromatic heterocycles. The van der Waals surface area contributed by atoms with Crippen LogP contribution >= 0.6 is 23.2 Å². The average Bonchev–Trinajstić information content (AvgIpc) is 2.41. The average molecular weight is 295 g/mol. The Morgan fingerprint density at radius 3 is 2.47 bits per heavy atom. The molecule has 0 saturated heterocycles. The van der Waals surface area contributed by atoms with Gasteiger partial charge in [0.25, 0.3) is 0 Å². The SMILES string of the molecule is CC(C)c1ccccc1Oc1ccc(Cl)cc1CCl. The molecule has 0 bridgehead atoms. The van der Waals surface area contributed by atoms with Gasteiger partial charge in [-0.15, -0.1) is 11.6 Å². The lowest BCUT2D eigenvalue weighted by Gasteiger charge is -2.15. The largest absolute Gasteiger partial charge is 0.457 e. The summed E-state index contributed by atoms with van der Waals surface area (Å²) in [7, 11) is 0. The normalized spacial score (nSPS) is 10.8. The first-order chi connectivity index (χ1) is 9.11. The van der Waals surface area contributed by atoms with E-state index in [2.05, 4.69) is 19.9 Å². The fraction of sp³-hybridized carbons (Fsp3) is 0.250. The maximum absolute atomic E-state index is 6.00. The van der Waals surface area contributed by atoms with Crippen LogP contribution < -0.4 is 4.74 Å². The van der Waals surface area contributed by atoms with E-state index in [4.69, 9.17) is 27.9 Å². The van der Waals surface area contributed by atoms with E-state index < -0.39 is 0 Å². The molecule has 2 aromatic rings. The van der Waals surface area contributed by atoms with Gasteiger partial charge in [-0.1, -0.05) is 43.6 Å². The molecule has 0 fully saturated rings. The molecule has 0 heterocycles. The van der Waals surface area contributed by atoms with Crippen molar-refractivity contribution in [3.63, 3.8) is 0 Å². The van der Waals surface area contributed by atoms with E-state index in [0.29, 0.717) is 16.8 Å². The topological polar surface area (TPSA) is 9.23 Å². The quantitative estimate of drug-likeness (QED) is 0.629. The molecular weight excluding hydrogens is 279 g/mol. The van der Waals surface area contributed by atoms with Crippen LogP contribution in [-0.2, 0) is 5.88 Å². The van der Waals surface area contributed by atoms with Gasteiger partial charge < -0.3 is 4.74 Å². The van der Waals surface area contributed by atoms with Gasteiger partial charge in [-0.3, -0.25) is 0 Å². The minimum atomic E-state index is 0.375. The van der Waals surface area contributed by atoms with E-state index in [1.807, 2.05) is 36.4 Å². The predicted molar refractivity (Wildman–Crippen MR) is 81.6 cm³/mol. The van der Waals surface area contributed by atoms with E-state index in [1.54, 1.807) is 0 Å². The summed E-state index contributed by atoms with van der Waals surface area (Å²) in [5, 5.41) is 0.667. The Bertz CT molecular complexity index is 564. The van der Waals surface area contributed by atoms with Crippen LogP contribution in [0.3, 0.4) is 0 Å². The van der Waals surface area contributed by atoms with Crippen molar-refractivity contribution in [2.45, 2.75) is 25.6 Å². The number of hydrogen-bond donors (Lipinski definition) is 0. The zero-order valence-corrected chi connectivity index (χ0v) is 12.5. The molecule has 0 aliphatic rings. The fourth-order valence-electron chi connectivity index (χ4n) is 1.92. The van der Waals surface area contributed by atoms with Crippen molar-refractivity contribution < 1.29 is 4.74 Å². The summed E-state index contributed by atoms with van der Waals surface area (Å²) >= 11 is 11.9. The van der Waals surface area contributed by atoms with Crippen LogP contribution in [0.15, 0.2) is 42.5 Å². The Morgan fingerprint density at radius 1 is 1.05 bits per heavy atom. The molecule has 2 aromatic carbocycles. The van der Waals surface area contributed by atoms with Crippen molar-refractivity contribution in [2.75, 3.05) is 0 Å². The van der Waals surface area contributed by atoms with Crippen LogP contribution in [-0.4, -0.2) is 0 Å². The van der Waals surface area contributed by atoms with Crippen LogP contribution in [0.4, 0.5) is 0 Å². The maximum Gasteiger partial charge on any atom is 0.131 e. The highest BCUT2D eigenvalue weighted by Crippen LogP contribution is 2.33. The number of alkyl halides is 1. The molecule has 0 saturated carbocycles. The van der Waals surface area contributed by atoms with Gasteiger partial charge in [0.05, 0.1) is 5.88 Å². The first kappa shape index (κ1) is 14.2. The first-order valence-corrected chi connectivity index (χ1v) is 7.14. The minimum absolute atomic E-state index is 0.375. The third-order valence-electron chi connectivity index (χ3n) is 2.93. The molecular formula is C16H16Cl2O. The fourth-order valence-corrected chi connectivity index (χ4v) is 2.32. The Kier molecular flexibility index (Phi) is 4.73. The Labute approximate surface area is 124 Å². The number of para-hydroxylation sites is 1. The summed E-state index contributed by atoms with van der Waals surface area (Å²) in [6.45, 7) is 4.29. The second kappa shape index (κ2) is 6.31. The molecule has 0 aliphatic heterocycles. The molecule has 0 atom stereocenters. The van der Waals surface area contributed by atoms with E-state index in [1.165, 1.54) is 5.56 Å². The van der Waals surface area contributed by atoms with Crippen molar-refractivity contribution in [3.8, 4) is 11.5 Å². The molecule has 3 heteroatoms. The maximum atomic E-state index is 6.00. The summed E-state index contributed by atoms with van der Waals surface area (Å²) in [6.07, 6.45) is 0. The molecule has 0 unspecified atom stereocenters. The number of ether oxygens (including phenoxy) is 1. The van der Waals surface area contributed by atoms with Crippen LogP contribution in [0.25, 0.3) is 0 Å². The molecule has 19 heavy (non-hydrogen) atoms. The van der Waals surface area contributed by atoms with Gasteiger partial charge in [0.1, 0.15) is 11.5 Å². The molecule has 100 valence electrons. The molecule has 0 amide bonds. The van der Waals surface area contributed by atoms with Crippen molar-refractivity contribution in [1.29, 1.82) is 0 Å². The second-order valence-electron chi connectivity index (χ2n) is 4.68. The van der Waals surface area contributed by atoms with Crippen LogP contribution in [0, 0.1) is 0 Å². The molecule has 0 aliphatic carbocycles. The minimum Gasteiger partial charge on any atom is -0.457 e. The number of rotatable bonds is 4. The lowest BCUT2D eigenvalue weighted by Crippen LogP contribution is -1.95. The Hall–Kier alpha value is -1.18. The van der Waals surface area contributed by atoms with Gasteiger partial charge in [0.2, 0.25) is 0 Å². The van der Waals surface area contributed by atoms with Crippen LogP contribution in [0.2, 0.25) is 5.02 Å². The third kappa shape index (κ3) is 3.43. The van der Waals surface area contributed by atoms with Crippen molar-refractivity contribution >= 4 is 23.2 Å². The van der Waals surface area contributed by atoms with Gasteiger partial charge in [-0.25, -0.2) is 0 Å². The molecule has 1 nitrogen and oxygen atoms in total. The van der Waals surface area contributed by atoms with Gasteiger partial charge in [-0.05, 0) is 35.7 Å². The van der Waals surface area contributed by atoms with Gasteiger partial charge in [0, 0.05) is 10.6 Å². The zero-order valence-electron chi connectivity index (χ0n) is 11.0. The predicted octanol–water partition coefficient (Wildman–Crippen LogP) is 5.99. The molecule has 0 N–H and O–H groups in total. The van der Waals surface area contributed by atoms with Crippen molar-refractivity contribution in [1.82, 2.24) is 0 Å². The lowest BCUT2D eigenvalue weighted by molar-refractivity contribution is 0.469.